The lowest BCUT2D eigenvalue weighted by Crippen LogP contribution is -2.36. The van der Waals surface area contributed by atoms with Crippen LogP contribution in [0.1, 0.15) is 16.8 Å². The van der Waals surface area contributed by atoms with Crippen LogP contribution in [0.15, 0.2) is 39.9 Å². The molecule has 1 aromatic heterocycles. The summed E-state index contributed by atoms with van der Waals surface area (Å²) in [5, 5.41) is 9.46. The van der Waals surface area contributed by atoms with Gasteiger partial charge in [-0.05, 0) is 5.56 Å². The molecule has 0 aliphatic carbocycles. The number of benzene rings is 1. The van der Waals surface area contributed by atoms with Crippen molar-refractivity contribution in [2.24, 2.45) is 0 Å². The van der Waals surface area contributed by atoms with Crippen molar-refractivity contribution in [3.05, 3.63) is 68.0 Å². The molecule has 22 heavy (non-hydrogen) atoms. The molecular formula is C16H16N2O4. The summed E-state index contributed by atoms with van der Waals surface area (Å²) >= 11 is 0. The van der Waals surface area contributed by atoms with Crippen LogP contribution in [-0.4, -0.2) is 21.3 Å². The lowest BCUT2D eigenvalue weighted by molar-refractivity contribution is 0.0975. The van der Waals surface area contributed by atoms with Gasteiger partial charge >= 0.3 is 5.69 Å². The predicted octanol–water partition coefficient (Wildman–Crippen LogP) is 0.227. The molecule has 2 N–H and O–H groups in total. The Hall–Kier alpha value is -2.62. The highest BCUT2D eigenvalue weighted by Gasteiger charge is 2.14. The van der Waals surface area contributed by atoms with Crippen molar-refractivity contribution >= 4 is 0 Å². The van der Waals surface area contributed by atoms with Gasteiger partial charge in [0.1, 0.15) is 13.3 Å². The van der Waals surface area contributed by atoms with Crippen LogP contribution in [0, 0.1) is 12.3 Å². The van der Waals surface area contributed by atoms with Crippen molar-refractivity contribution < 1.29 is 9.84 Å². The van der Waals surface area contributed by atoms with Gasteiger partial charge in [0.05, 0.1) is 12.2 Å². The van der Waals surface area contributed by atoms with Gasteiger partial charge in [-0.25, -0.2) is 4.79 Å². The van der Waals surface area contributed by atoms with E-state index in [0.717, 1.165) is 5.56 Å². The predicted molar refractivity (Wildman–Crippen MR) is 81.3 cm³/mol. The van der Waals surface area contributed by atoms with Crippen LogP contribution < -0.4 is 11.2 Å². The molecule has 0 saturated heterocycles. The van der Waals surface area contributed by atoms with Crippen LogP contribution in [0.3, 0.4) is 0 Å². The lowest BCUT2D eigenvalue weighted by atomic mass is 10.1. The number of hydrogen-bond acceptors (Lipinski definition) is 4. The molecule has 0 saturated carbocycles. The molecule has 0 aliphatic rings. The maximum absolute atomic E-state index is 12.0. The van der Waals surface area contributed by atoms with Crippen molar-refractivity contribution in [3.8, 4) is 12.3 Å². The summed E-state index contributed by atoms with van der Waals surface area (Å²) in [6.45, 7) is -0.507. The van der Waals surface area contributed by atoms with Gasteiger partial charge in [-0.3, -0.25) is 14.3 Å². The molecule has 6 nitrogen and oxygen atoms in total. The molecule has 0 spiro atoms. The molecule has 0 radical (unpaired) electrons. The topological polar surface area (TPSA) is 84.3 Å². The van der Waals surface area contributed by atoms with Crippen LogP contribution in [-0.2, 0) is 24.5 Å². The van der Waals surface area contributed by atoms with E-state index in [1.165, 1.54) is 4.57 Å². The fraction of sp³-hybridized carbons (Fsp3) is 0.250. The molecule has 2 aromatic rings. The van der Waals surface area contributed by atoms with E-state index in [1.54, 1.807) is 0 Å². The smallest absolute Gasteiger partial charge is 0.330 e. The van der Waals surface area contributed by atoms with Crippen LogP contribution in [0.2, 0.25) is 0 Å². The van der Waals surface area contributed by atoms with E-state index in [-0.39, 0.29) is 18.9 Å². The van der Waals surface area contributed by atoms with E-state index in [2.05, 4.69) is 10.9 Å². The third kappa shape index (κ3) is 3.52. The summed E-state index contributed by atoms with van der Waals surface area (Å²) in [6.07, 6.45) is 5.44. The third-order valence-corrected chi connectivity index (χ3v) is 3.19. The second-order valence-corrected chi connectivity index (χ2v) is 4.61. The number of H-pyrrole nitrogens is 1. The summed E-state index contributed by atoms with van der Waals surface area (Å²) in [6, 6.07) is 9.34. The average Bonchev–Trinajstić information content (AvgIpc) is 2.51. The Morgan fingerprint density at radius 1 is 1.27 bits per heavy atom. The lowest BCUT2D eigenvalue weighted by Gasteiger charge is -2.15. The van der Waals surface area contributed by atoms with Gasteiger partial charge in [0.25, 0.3) is 5.56 Å². The molecule has 2 rings (SSSR count). The standard InChI is InChI=1S/C16H16N2O4/c1-2-8-22-11-18-14(9-12-6-4-3-5-7-12)13(10-19)15(20)17-16(18)21/h1,3-7,19H,8-11H2,(H,17,20,21). The van der Waals surface area contributed by atoms with Crippen molar-refractivity contribution in [2.45, 2.75) is 19.8 Å². The average molecular weight is 300 g/mol. The van der Waals surface area contributed by atoms with E-state index in [9.17, 15) is 14.7 Å². The quantitative estimate of drug-likeness (QED) is 0.591. The zero-order chi connectivity index (χ0) is 15.9. The normalized spacial score (nSPS) is 10.4. The summed E-state index contributed by atoms with van der Waals surface area (Å²) in [4.78, 5) is 26.0. The van der Waals surface area contributed by atoms with Gasteiger partial charge < -0.3 is 9.84 Å². The van der Waals surface area contributed by atoms with Crippen LogP contribution in [0.4, 0.5) is 0 Å². The fourth-order valence-corrected chi connectivity index (χ4v) is 2.14. The zero-order valence-electron chi connectivity index (χ0n) is 11.9. The number of nitrogens with zero attached hydrogens (tertiary/aromatic N) is 1. The Labute approximate surface area is 127 Å². The third-order valence-electron chi connectivity index (χ3n) is 3.19. The number of aromatic nitrogens is 2. The van der Waals surface area contributed by atoms with E-state index in [4.69, 9.17) is 11.2 Å². The van der Waals surface area contributed by atoms with Gasteiger partial charge in [0.15, 0.2) is 0 Å². The Morgan fingerprint density at radius 3 is 2.64 bits per heavy atom. The van der Waals surface area contributed by atoms with Crippen molar-refractivity contribution in [2.75, 3.05) is 6.61 Å². The van der Waals surface area contributed by atoms with Gasteiger partial charge in [0.2, 0.25) is 0 Å². The van der Waals surface area contributed by atoms with Gasteiger partial charge in [-0.15, -0.1) is 6.42 Å². The first kappa shape index (κ1) is 15.8. The van der Waals surface area contributed by atoms with Crippen molar-refractivity contribution in [1.82, 2.24) is 9.55 Å². The number of hydrogen-bond donors (Lipinski definition) is 2. The maximum Gasteiger partial charge on any atom is 0.330 e. The summed E-state index contributed by atoms with van der Waals surface area (Å²) < 4.78 is 6.47. The molecule has 1 heterocycles. The van der Waals surface area contributed by atoms with Gasteiger partial charge in [-0.2, -0.15) is 0 Å². The van der Waals surface area contributed by atoms with E-state index >= 15 is 0 Å². The Kier molecular flexibility index (Phi) is 5.31. The minimum Gasteiger partial charge on any atom is -0.391 e. The molecule has 0 unspecified atom stereocenters. The molecule has 6 heteroatoms. The molecule has 0 bridgehead atoms. The molecule has 1 aromatic carbocycles. The summed E-state index contributed by atoms with van der Waals surface area (Å²) in [5.74, 6) is 2.31. The van der Waals surface area contributed by atoms with Gasteiger partial charge in [-0.1, -0.05) is 36.3 Å². The summed E-state index contributed by atoms with van der Waals surface area (Å²) in [7, 11) is 0. The Balaban J connectivity index is 2.49. The minimum absolute atomic E-state index is 0.0464. The molecule has 0 fully saturated rings. The van der Waals surface area contributed by atoms with Gasteiger partial charge in [0, 0.05) is 12.1 Å². The van der Waals surface area contributed by atoms with E-state index in [0.29, 0.717) is 12.1 Å². The van der Waals surface area contributed by atoms with Crippen molar-refractivity contribution in [1.29, 1.82) is 0 Å². The number of ether oxygens (including phenoxy) is 1. The number of nitrogens with one attached hydrogen (secondary N) is 1. The molecular weight excluding hydrogens is 284 g/mol. The second-order valence-electron chi connectivity index (χ2n) is 4.61. The maximum atomic E-state index is 12.0. The van der Waals surface area contributed by atoms with Crippen LogP contribution in [0.25, 0.3) is 0 Å². The first-order valence-electron chi connectivity index (χ1n) is 6.68. The Bertz CT molecular complexity index is 785. The Morgan fingerprint density at radius 2 is 2.00 bits per heavy atom. The number of aliphatic hydroxyl groups is 1. The molecule has 0 aliphatic heterocycles. The van der Waals surface area contributed by atoms with Crippen LogP contribution in [0.5, 0.6) is 0 Å². The van der Waals surface area contributed by atoms with Crippen LogP contribution >= 0.6 is 0 Å². The van der Waals surface area contributed by atoms with E-state index < -0.39 is 17.9 Å². The number of terminal acetylenes is 1. The highest BCUT2D eigenvalue weighted by atomic mass is 16.5. The highest BCUT2D eigenvalue weighted by Crippen LogP contribution is 2.11. The largest absolute Gasteiger partial charge is 0.391 e. The van der Waals surface area contributed by atoms with Crippen molar-refractivity contribution in [3.63, 3.8) is 0 Å². The minimum atomic E-state index is -0.592. The monoisotopic (exact) mass is 300 g/mol. The SMILES string of the molecule is C#CCOCn1c(Cc2ccccc2)c(CO)c(=O)[nH]c1=O. The molecule has 0 amide bonds. The zero-order valence-corrected chi connectivity index (χ0v) is 11.9. The molecule has 114 valence electrons. The fourth-order valence-electron chi connectivity index (χ4n) is 2.14. The van der Waals surface area contributed by atoms with E-state index in [1.807, 2.05) is 30.3 Å². The first-order chi connectivity index (χ1) is 10.7. The molecule has 0 atom stereocenters. The second kappa shape index (κ2) is 7.41. The number of rotatable bonds is 6. The first-order valence-corrected chi connectivity index (χ1v) is 6.68. The highest BCUT2D eigenvalue weighted by molar-refractivity contribution is 5.26. The summed E-state index contributed by atoms with van der Waals surface area (Å²) in [5.41, 5.74) is 0.289. The number of aromatic amines is 1. The number of aliphatic hydroxyl groups excluding tert-OH is 1.